The first-order chi connectivity index (χ1) is 16.1. The molecule has 2 aromatic carbocycles. The third-order valence-electron chi connectivity index (χ3n) is 6.16. The second-order valence-corrected chi connectivity index (χ2v) is 8.09. The SMILES string of the molecule is COc1ccc(C(=O)N2CCN(C(=O)c3nnn4c3CO[C@H](c3ccccc3)C4)CC2)cc1. The minimum Gasteiger partial charge on any atom is -0.497 e. The number of aromatic nitrogens is 3. The summed E-state index contributed by atoms with van der Waals surface area (Å²) in [7, 11) is 1.59. The Morgan fingerprint density at radius 2 is 1.61 bits per heavy atom. The smallest absolute Gasteiger partial charge is 0.276 e. The number of hydrogen-bond donors (Lipinski definition) is 0. The summed E-state index contributed by atoms with van der Waals surface area (Å²) in [5.74, 6) is 0.485. The van der Waals surface area contributed by atoms with Crippen LogP contribution < -0.4 is 4.74 Å². The van der Waals surface area contributed by atoms with E-state index in [1.165, 1.54) is 0 Å². The third-order valence-corrected chi connectivity index (χ3v) is 6.16. The molecule has 9 heteroatoms. The Kier molecular flexibility index (Phi) is 5.78. The van der Waals surface area contributed by atoms with Crippen LogP contribution in [-0.4, -0.2) is 69.9 Å². The van der Waals surface area contributed by atoms with Crippen LogP contribution >= 0.6 is 0 Å². The maximum absolute atomic E-state index is 13.1. The van der Waals surface area contributed by atoms with Gasteiger partial charge in [-0.3, -0.25) is 9.59 Å². The molecule has 2 aliphatic rings. The van der Waals surface area contributed by atoms with E-state index in [9.17, 15) is 9.59 Å². The second-order valence-electron chi connectivity index (χ2n) is 8.09. The number of benzene rings is 2. The number of ether oxygens (including phenoxy) is 2. The van der Waals surface area contributed by atoms with Crippen molar-refractivity contribution in [1.82, 2.24) is 24.8 Å². The van der Waals surface area contributed by atoms with Crippen molar-refractivity contribution in [3.05, 3.63) is 77.1 Å². The molecule has 0 radical (unpaired) electrons. The molecule has 3 aromatic rings. The van der Waals surface area contributed by atoms with Crippen molar-refractivity contribution in [3.8, 4) is 5.75 Å². The molecule has 0 spiro atoms. The van der Waals surface area contributed by atoms with Gasteiger partial charge in [-0.25, -0.2) is 4.68 Å². The molecular weight excluding hydrogens is 422 g/mol. The highest BCUT2D eigenvalue weighted by Gasteiger charge is 2.32. The number of piperazine rings is 1. The van der Waals surface area contributed by atoms with E-state index in [1.807, 2.05) is 30.3 Å². The highest BCUT2D eigenvalue weighted by atomic mass is 16.5. The van der Waals surface area contributed by atoms with Crippen LogP contribution in [0.5, 0.6) is 5.75 Å². The fourth-order valence-electron chi connectivity index (χ4n) is 4.23. The van der Waals surface area contributed by atoms with E-state index in [-0.39, 0.29) is 24.5 Å². The zero-order valence-corrected chi connectivity index (χ0v) is 18.4. The van der Waals surface area contributed by atoms with E-state index in [0.29, 0.717) is 55.4 Å². The van der Waals surface area contributed by atoms with E-state index in [0.717, 1.165) is 5.56 Å². The van der Waals surface area contributed by atoms with Gasteiger partial charge in [-0.05, 0) is 29.8 Å². The van der Waals surface area contributed by atoms with Gasteiger partial charge in [0.25, 0.3) is 11.8 Å². The Morgan fingerprint density at radius 3 is 2.27 bits per heavy atom. The molecule has 5 rings (SSSR count). The fraction of sp³-hybridized carbons (Fsp3) is 0.333. The predicted molar refractivity (Wildman–Crippen MR) is 119 cm³/mol. The van der Waals surface area contributed by atoms with Crippen molar-refractivity contribution in [2.75, 3.05) is 33.3 Å². The Hall–Kier alpha value is -3.72. The first kappa shape index (κ1) is 21.1. The van der Waals surface area contributed by atoms with Gasteiger partial charge in [0.1, 0.15) is 11.9 Å². The van der Waals surface area contributed by atoms with Gasteiger partial charge in [-0.1, -0.05) is 35.5 Å². The molecule has 2 amide bonds. The number of hydrogen-bond acceptors (Lipinski definition) is 6. The molecule has 33 heavy (non-hydrogen) atoms. The Balaban J connectivity index is 1.21. The highest BCUT2D eigenvalue weighted by molar-refractivity contribution is 5.95. The molecule has 1 aromatic heterocycles. The van der Waals surface area contributed by atoms with Gasteiger partial charge in [0.15, 0.2) is 5.69 Å². The van der Waals surface area contributed by atoms with Gasteiger partial charge >= 0.3 is 0 Å². The number of fused-ring (bicyclic) bond motifs is 1. The number of carbonyl (C=O) groups is 2. The molecule has 1 fully saturated rings. The van der Waals surface area contributed by atoms with Crippen LogP contribution in [0.2, 0.25) is 0 Å². The Morgan fingerprint density at radius 1 is 0.939 bits per heavy atom. The van der Waals surface area contributed by atoms with E-state index in [4.69, 9.17) is 9.47 Å². The molecular formula is C24H25N5O4. The van der Waals surface area contributed by atoms with Crippen LogP contribution in [-0.2, 0) is 17.9 Å². The summed E-state index contributed by atoms with van der Waals surface area (Å²) in [5.41, 5.74) is 2.71. The summed E-state index contributed by atoms with van der Waals surface area (Å²) in [6.45, 7) is 2.62. The zero-order valence-electron chi connectivity index (χ0n) is 18.4. The number of methoxy groups -OCH3 is 1. The first-order valence-corrected chi connectivity index (χ1v) is 11.0. The standard InChI is InChI=1S/C24H25N5O4/c1-32-19-9-7-18(8-10-19)23(30)27-11-13-28(14-12-27)24(31)22-20-16-33-21(15-29(20)26-25-22)17-5-3-2-4-6-17/h2-10,21H,11-16H2,1H3/t21-/m0/s1. The summed E-state index contributed by atoms with van der Waals surface area (Å²) in [5, 5.41) is 8.38. The maximum Gasteiger partial charge on any atom is 0.276 e. The van der Waals surface area contributed by atoms with Crippen molar-refractivity contribution in [1.29, 1.82) is 0 Å². The topological polar surface area (TPSA) is 89.8 Å². The molecule has 0 bridgehead atoms. The Labute approximate surface area is 191 Å². The molecule has 0 N–H and O–H groups in total. The lowest BCUT2D eigenvalue weighted by atomic mass is 10.1. The molecule has 170 valence electrons. The predicted octanol–water partition coefficient (Wildman–Crippen LogP) is 2.16. The van der Waals surface area contributed by atoms with Crippen molar-refractivity contribution in [2.24, 2.45) is 0 Å². The minimum absolute atomic E-state index is 0.0499. The van der Waals surface area contributed by atoms with Crippen LogP contribution in [0.3, 0.4) is 0 Å². The molecule has 0 unspecified atom stereocenters. The van der Waals surface area contributed by atoms with Crippen LogP contribution in [0.25, 0.3) is 0 Å². The van der Waals surface area contributed by atoms with Gasteiger partial charge in [-0.15, -0.1) is 5.10 Å². The quantitative estimate of drug-likeness (QED) is 0.609. The fourth-order valence-corrected chi connectivity index (χ4v) is 4.23. The van der Waals surface area contributed by atoms with E-state index in [2.05, 4.69) is 10.3 Å². The average Bonchev–Trinajstić information content (AvgIpc) is 3.32. The zero-order chi connectivity index (χ0) is 22.8. The molecule has 0 aliphatic carbocycles. The second kappa shape index (κ2) is 9.03. The van der Waals surface area contributed by atoms with Gasteiger partial charge in [0, 0.05) is 31.7 Å². The van der Waals surface area contributed by atoms with Gasteiger partial charge < -0.3 is 19.3 Å². The summed E-state index contributed by atoms with van der Waals surface area (Å²) < 4.78 is 12.9. The van der Waals surface area contributed by atoms with E-state index in [1.54, 1.807) is 45.9 Å². The maximum atomic E-state index is 13.1. The number of nitrogens with zero attached hydrogens (tertiary/aromatic N) is 5. The average molecular weight is 447 g/mol. The van der Waals surface area contributed by atoms with Crippen LogP contribution in [0, 0.1) is 0 Å². The largest absolute Gasteiger partial charge is 0.497 e. The summed E-state index contributed by atoms with van der Waals surface area (Å²) >= 11 is 0. The first-order valence-electron chi connectivity index (χ1n) is 11.0. The molecule has 2 aliphatic heterocycles. The monoisotopic (exact) mass is 447 g/mol. The van der Waals surface area contributed by atoms with Crippen LogP contribution in [0.4, 0.5) is 0 Å². The van der Waals surface area contributed by atoms with Crippen molar-refractivity contribution in [3.63, 3.8) is 0 Å². The summed E-state index contributed by atoms with van der Waals surface area (Å²) in [4.78, 5) is 29.4. The Bertz CT molecular complexity index is 1140. The normalized spacial score (nSPS) is 18.0. The molecule has 3 heterocycles. The molecule has 9 nitrogen and oxygen atoms in total. The summed E-state index contributed by atoms with van der Waals surface area (Å²) in [6.07, 6.45) is -0.115. The van der Waals surface area contributed by atoms with Gasteiger partial charge in [-0.2, -0.15) is 0 Å². The van der Waals surface area contributed by atoms with Crippen LogP contribution in [0.15, 0.2) is 54.6 Å². The lowest BCUT2D eigenvalue weighted by Gasteiger charge is -2.34. The van der Waals surface area contributed by atoms with E-state index >= 15 is 0 Å². The minimum atomic E-state index is -0.172. The molecule has 1 atom stereocenters. The lowest BCUT2D eigenvalue weighted by Crippen LogP contribution is -2.50. The number of carbonyl (C=O) groups excluding carboxylic acids is 2. The van der Waals surface area contributed by atoms with Gasteiger partial charge in [0.05, 0.1) is 26.0 Å². The number of amides is 2. The van der Waals surface area contributed by atoms with Crippen molar-refractivity contribution < 1.29 is 19.1 Å². The third kappa shape index (κ3) is 4.19. The van der Waals surface area contributed by atoms with E-state index < -0.39 is 0 Å². The van der Waals surface area contributed by atoms with Gasteiger partial charge in [0.2, 0.25) is 0 Å². The van der Waals surface area contributed by atoms with Crippen molar-refractivity contribution >= 4 is 11.8 Å². The van der Waals surface area contributed by atoms with Crippen LogP contribution in [0.1, 0.15) is 38.2 Å². The highest BCUT2D eigenvalue weighted by Crippen LogP contribution is 2.27. The molecule has 0 saturated carbocycles. The molecule has 1 saturated heterocycles. The summed E-state index contributed by atoms with van der Waals surface area (Å²) in [6, 6.07) is 17.0. The number of rotatable bonds is 4. The lowest BCUT2D eigenvalue weighted by molar-refractivity contribution is -0.00202. The van der Waals surface area contributed by atoms with Crippen molar-refractivity contribution in [2.45, 2.75) is 19.3 Å².